The van der Waals surface area contributed by atoms with Gasteiger partial charge in [-0.15, -0.1) is 11.3 Å². The van der Waals surface area contributed by atoms with Gasteiger partial charge in [0.25, 0.3) is 0 Å². The molecule has 0 saturated carbocycles. The van der Waals surface area contributed by atoms with Gasteiger partial charge in [-0.1, -0.05) is 13.8 Å². The Morgan fingerprint density at radius 2 is 2.18 bits per heavy atom. The van der Waals surface area contributed by atoms with Crippen LogP contribution in [0.25, 0.3) is 0 Å². The number of aryl methyl sites for hydroxylation is 1. The number of nitrogens with zero attached hydrogens (tertiary/aromatic N) is 1. The smallest absolute Gasteiger partial charge is 0.310 e. The first-order chi connectivity index (χ1) is 8.04. The second-order valence-electron chi connectivity index (χ2n) is 4.28. The molecule has 96 valence electrons. The van der Waals surface area contributed by atoms with Gasteiger partial charge in [-0.25, -0.2) is 4.98 Å². The number of aromatic nitrogens is 1. The average molecular weight is 256 g/mol. The zero-order valence-electron chi connectivity index (χ0n) is 10.6. The van der Waals surface area contributed by atoms with Gasteiger partial charge in [0, 0.05) is 24.2 Å². The number of carboxylic acids is 1. The highest BCUT2D eigenvalue weighted by atomic mass is 32.1. The molecule has 0 aliphatic heterocycles. The highest BCUT2D eigenvalue weighted by Crippen LogP contribution is 2.25. The van der Waals surface area contributed by atoms with Crippen molar-refractivity contribution in [1.29, 1.82) is 0 Å². The van der Waals surface area contributed by atoms with Gasteiger partial charge in [-0.3, -0.25) is 4.79 Å². The largest absolute Gasteiger partial charge is 0.481 e. The summed E-state index contributed by atoms with van der Waals surface area (Å²) >= 11 is 1.60. The van der Waals surface area contributed by atoms with Crippen LogP contribution < -0.4 is 5.32 Å². The lowest BCUT2D eigenvalue weighted by molar-refractivity contribution is -0.149. The van der Waals surface area contributed by atoms with Crippen LogP contribution in [0.5, 0.6) is 0 Å². The zero-order chi connectivity index (χ0) is 12.9. The Kier molecular flexibility index (Phi) is 5.08. The third-order valence-corrected chi connectivity index (χ3v) is 4.18. The van der Waals surface area contributed by atoms with Crippen LogP contribution in [-0.4, -0.2) is 22.6 Å². The minimum absolute atomic E-state index is 0.494. The molecule has 2 N–H and O–H groups in total. The summed E-state index contributed by atoms with van der Waals surface area (Å²) < 4.78 is 0. The van der Waals surface area contributed by atoms with Crippen molar-refractivity contribution in [3.8, 4) is 0 Å². The van der Waals surface area contributed by atoms with Crippen molar-refractivity contribution in [1.82, 2.24) is 10.3 Å². The molecule has 17 heavy (non-hydrogen) atoms. The standard InChI is InChI=1S/C12H20N2O2S/c1-4-12(5-2,11(15)16)8-13-6-10-14-9(3)7-17-10/h7,13H,4-6,8H2,1-3H3,(H,15,16). The summed E-state index contributed by atoms with van der Waals surface area (Å²) in [7, 11) is 0. The Hall–Kier alpha value is -0.940. The molecule has 0 aliphatic carbocycles. The SMILES string of the molecule is CCC(CC)(CNCc1nc(C)cs1)C(=O)O. The Labute approximate surface area is 106 Å². The van der Waals surface area contributed by atoms with Crippen molar-refractivity contribution in [3.05, 3.63) is 16.1 Å². The van der Waals surface area contributed by atoms with E-state index in [2.05, 4.69) is 10.3 Å². The summed E-state index contributed by atoms with van der Waals surface area (Å²) in [6, 6.07) is 0. The van der Waals surface area contributed by atoms with Crippen LogP contribution in [-0.2, 0) is 11.3 Å². The maximum atomic E-state index is 11.3. The van der Waals surface area contributed by atoms with E-state index in [0.29, 0.717) is 25.9 Å². The van der Waals surface area contributed by atoms with Crippen LogP contribution in [0.1, 0.15) is 37.4 Å². The molecule has 0 saturated heterocycles. The molecule has 0 atom stereocenters. The number of nitrogens with one attached hydrogen (secondary N) is 1. The predicted octanol–water partition coefficient (Wildman–Crippen LogP) is 2.43. The molecule has 1 aromatic heterocycles. The van der Waals surface area contributed by atoms with Crippen molar-refractivity contribution in [2.75, 3.05) is 6.54 Å². The molecular weight excluding hydrogens is 236 g/mol. The first kappa shape index (κ1) is 14.1. The number of carboxylic acid groups (broad SMARTS) is 1. The normalized spacial score (nSPS) is 11.7. The van der Waals surface area contributed by atoms with E-state index in [1.807, 2.05) is 26.2 Å². The fraction of sp³-hybridized carbons (Fsp3) is 0.667. The third-order valence-electron chi connectivity index (χ3n) is 3.21. The summed E-state index contributed by atoms with van der Waals surface area (Å²) in [5.74, 6) is -0.717. The number of aliphatic carboxylic acids is 1. The van der Waals surface area contributed by atoms with Gasteiger partial charge in [0.2, 0.25) is 0 Å². The Bertz CT molecular complexity index is 372. The molecule has 1 heterocycles. The van der Waals surface area contributed by atoms with E-state index in [1.54, 1.807) is 11.3 Å². The van der Waals surface area contributed by atoms with Gasteiger partial charge < -0.3 is 10.4 Å². The molecule has 5 heteroatoms. The molecule has 1 rings (SSSR count). The van der Waals surface area contributed by atoms with Crippen LogP contribution in [0, 0.1) is 12.3 Å². The Balaban J connectivity index is 2.50. The molecule has 0 fully saturated rings. The van der Waals surface area contributed by atoms with Crippen molar-refractivity contribution in [2.24, 2.45) is 5.41 Å². The average Bonchev–Trinajstić information content (AvgIpc) is 2.70. The number of hydrogen-bond acceptors (Lipinski definition) is 4. The van der Waals surface area contributed by atoms with E-state index in [4.69, 9.17) is 0 Å². The van der Waals surface area contributed by atoms with E-state index in [0.717, 1.165) is 10.7 Å². The van der Waals surface area contributed by atoms with Gasteiger partial charge in [0.15, 0.2) is 0 Å². The van der Waals surface area contributed by atoms with Gasteiger partial charge in [0.05, 0.1) is 5.41 Å². The maximum Gasteiger partial charge on any atom is 0.310 e. The minimum Gasteiger partial charge on any atom is -0.481 e. The fourth-order valence-electron chi connectivity index (χ4n) is 1.77. The summed E-state index contributed by atoms with van der Waals surface area (Å²) in [4.78, 5) is 15.6. The van der Waals surface area contributed by atoms with Gasteiger partial charge >= 0.3 is 5.97 Å². The molecule has 0 aromatic carbocycles. The Morgan fingerprint density at radius 1 is 1.53 bits per heavy atom. The summed E-state index contributed by atoms with van der Waals surface area (Å²) in [6.45, 7) is 6.95. The van der Waals surface area contributed by atoms with Crippen LogP contribution in [0.2, 0.25) is 0 Å². The van der Waals surface area contributed by atoms with Gasteiger partial charge in [-0.05, 0) is 19.8 Å². The molecule has 4 nitrogen and oxygen atoms in total. The lowest BCUT2D eigenvalue weighted by atomic mass is 9.82. The van der Waals surface area contributed by atoms with Crippen molar-refractivity contribution < 1.29 is 9.90 Å². The van der Waals surface area contributed by atoms with Crippen LogP contribution >= 0.6 is 11.3 Å². The van der Waals surface area contributed by atoms with Crippen LogP contribution in [0.3, 0.4) is 0 Å². The van der Waals surface area contributed by atoms with E-state index in [1.165, 1.54) is 0 Å². The van der Waals surface area contributed by atoms with Gasteiger partial charge in [0.1, 0.15) is 5.01 Å². The Morgan fingerprint density at radius 3 is 2.59 bits per heavy atom. The summed E-state index contributed by atoms with van der Waals surface area (Å²) in [6.07, 6.45) is 1.28. The monoisotopic (exact) mass is 256 g/mol. The molecule has 0 spiro atoms. The van der Waals surface area contributed by atoms with Crippen molar-refractivity contribution >= 4 is 17.3 Å². The highest BCUT2D eigenvalue weighted by Gasteiger charge is 2.34. The van der Waals surface area contributed by atoms with E-state index in [9.17, 15) is 9.90 Å². The lowest BCUT2D eigenvalue weighted by Gasteiger charge is -2.26. The molecule has 1 aromatic rings. The minimum atomic E-state index is -0.717. The van der Waals surface area contributed by atoms with E-state index < -0.39 is 11.4 Å². The fourth-order valence-corrected chi connectivity index (χ4v) is 2.51. The van der Waals surface area contributed by atoms with Crippen LogP contribution in [0.4, 0.5) is 0 Å². The number of rotatable bonds is 7. The quantitative estimate of drug-likeness (QED) is 0.786. The van der Waals surface area contributed by atoms with Crippen molar-refractivity contribution in [3.63, 3.8) is 0 Å². The number of carbonyl (C=O) groups is 1. The zero-order valence-corrected chi connectivity index (χ0v) is 11.4. The maximum absolute atomic E-state index is 11.3. The molecule has 0 bridgehead atoms. The van der Waals surface area contributed by atoms with E-state index in [-0.39, 0.29) is 0 Å². The first-order valence-corrected chi connectivity index (χ1v) is 6.77. The van der Waals surface area contributed by atoms with Gasteiger partial charge in [-0.2, -0.15) is 0 Å². The van der Waals surface area contributed by atoms with Crippen LogP contribution in [0.15, 0.2) is 5.38 Å². The number of thiazole rings is 1. The van der Waals surface area contributed by atoms with Crippen molar-refractivity contribution in [2.45, 2.75) is 40.2 Å². The highest BCUT2D eigenvalue weighted by molar-refractivity contribution is 7.09. The molecule has 0 radical (unpaired) electrons. The summed E-state index contributed by atoms with van der Waals surface area (Å²) in [5.41, 5.74) is 0.369. The predicted molar refractivity (Wildman–Crippen MR) is 69.2 cm³/mol. The second kappa shape index (κ2) is 6.12. The summed E-state index contributed by atoms with van der Waals surface area (Å²) in [5, 5.41) is 15.5. The first-order valence-electron chi connectivity index (χ1n) is 5.89. The molecule has 0 amide bonds. The molecule has 0 aliphatic rings. The molecule has 0 unspecified atom stereocenters. The lowest BCUT2D eigenvalue weighted by Crippen LogP contribution is -2.39. The van der Waals surface area contributed by atoms with E-state index >= 15 is 0 Å². The third kappa shape index (κ3) is 3.51. The topological polar surface area (TPSA) is 62.2 Å². The number of hydrogen-bond donors (Lipinski definition) is 2. The second-order valence-corrected chi connectivity index (χ2v) is 5.22. The molecular formula is C12H20N2O2S.